The molecule has 132 valence electrons. The van der Waals surface area contributed by atoms with Gasteiger partial charge in [-0.1, -0.05) is 34.8 Å². The molecule has 1 N–H and O–H groups in total. The zero-order chi connectivity index (χ0) is 18.8. The van der Waals surface area contributed by atoms with Crippen LogP contribution in [0.4, 0.5) is 4.39 Å². The highest BCUT2D eigenvalue weighted by Crippen LogP contribution is 2.31. The zero-order valence-corrected chi connectivity index (χ0v) is 15.3. The first kappa shape index (κ1) is 18.6. The van der Waals surface area contributed by atoms with Crippen LogP contribution in [0.25, 0.3) is 0 Å². The Morgan fingerprint density at radius 1 is 1.04 bits per heavy atom. The maximum absolute atomic E-state index is 14.1. The number of aromatic amines is 1. The van der Waals surface area contributed by atoms with E-state index in [-0.39, 0.29) is 38.7 Å². The number of halogens is 4. The number of ketones is 1. The van der Waals surface area contributed by atoms with E-state index in [0.29, 0.717) is 10.7 Å². The summed E-state index contributed by atoms with van der Waals surface area (Å²) in [6.07, 6.45) is 0.103. The second kappa shape index (κ2) is 7.58. The summed E-state index contributed by atoms with van der Waals surface area (Å²) in [7, 11) is 0. The molecule has 0 spiro atoms. The summed E-state index contributed by atoms with van der Waals surface area (Å²) in [5.74, 6) is -0.949. The van der Waals surface area contributed by atoms with Crippen LogP contribution >= 0.6 is 34.8 Å². The average molecular weight is 412 g/mol. The van der Waals surface area contributed by atoms with Gasteiger partial charge in [-0.05, 0) is 42.0 Å². The van der Waals surface area contributed by atoms with Crippen LogP contribution in [0.15, 0.2) is 47.3 Å². The van der Waals surface area contributed by atoms with Gasteiger partial charge in [-0.2, -0.15) is 5.10 Å². The van der Waals surface area contributed by atoms with Gasteiger partial charge in [0.25, 0.3) is 5.56 Å². The molecule has 0 aliphatic carbocycles. The molecule has 0 fully saturated rings. The van der Waals surface area contributed by atoms with Crippen molar-refractivity contribution in [2.24, 2.45) is 0 Å². The molecule has 0 saturated heterocycles. The molecule has 1 aromatic heterocycles. The molecular formula is C18H10Cl3FN2O2. The van der Waals surface area contributed by atoms with Gasteiger partial charge in [0.1, 0.15) is 5.82 Å². The molecule has 0 radical (unpaired) electrons. The molecule has 0 unspecified atom stereocenters. The van der Waals surface area contributed by atoms with Gasteiger partial charge in [0.15, 0.2) is 5.78 Å². The van der Waals surface area contributed by atoms with E-state index < -0.39 is 11.6 Å². The molecule has 8 heteroatoms. The number of H-pyrrole nitrogens is 1. The Morgan fingerprint density at radius 3 is 2.35 bits per heavy atom. The molecule has 4 nitrogen and oxygen atoms in total. The van der Waals surface area contributed by atoms with Crippen LogP contribution in [0.3, 0.4) is 0 Å². The van der Waals surface area contributed by atoms with E-state index in [1.54, 1.807) is 0 Å². The van der Waals surface area contributed by atoms with Crippen molar-refractivity contribution in [1.82, 2.24) is 10.2 Å². The molecule has 0 aliphatic rings. The second-order valence-electron chi connectivity index (χ2n) is 5.47. The summed E-state index contributed by atoms with van der Waals surface area (Å²) < 4.78 is 14.1. The normalized spacial score (nSPS) is 10.8. The number of hydrogen-bond acceptors (Lipinski definition) is 3. The number of carbonyl (C=O) groups is 1. The molecule has 1 heterocycles. The van der Waals surface area contributed by atoms with Crippen molar-refractivity contribution in [2.45, 2.75) is 6.42 Å². The number of carbonyl (C=O) groups excluding carboxylic acids is 1. The Balaban J connectivity index is 1.98. The standard InChI is InChI=1S/C18H10Cl3FN2O2/c19-11-7-13(20)17(14(21)8-11)18(26)9-1-3-15(22)10(5-9)6-12-2-4-16(25)24-23-12/h1-5,7-8H,6H2,(H,24,25). The predicted octanol–water partition coefficient (Wildman–Crippen LogP) is 4.69. The molecule has 3 aromatic rings. The summed E-state index contributed by atoms with van der Waals surface area (Å²) >= 11 is 18.0. The molecular weight excluding hydrogens is 402 g/mol. The molecule has 0 atom stereocenters. The average Bonchev–Trinajstić information content (AvgIpc) is 2.57. The first-order valence-corrected chi connectivity index (χ1v) is 8.51. The molecule has 3 rings (SSSR count). The highest BCUT2D eigenvalue weighted by Gasteiger charge is 2.19. The summed E-state index contributed by atoms with van der Waals surface area (Å²) in [4.78, 5) is 23.8. The summed E-state index contributed by atoms with van der Waals surface area (Å²) in [6, 6.07) is 9.55. The lowest BCUT2D eigenvalue weighted by atomic mass is 9.99. The van der Waals surface area contributed by atoms with Gasteiger partial charge in [0.2, 0.25) is 0 Å². The highest BCUT2D eigenvalue weighted by atomic mass is 35.5. The van der Waals surface area contributed by atoms with Crippen molar-refractivity contribution < 1.29 is 9.18 Å². The third-order valence-corrected chi connectivity index (χ3v) is 4.46. The molecule has 0 amide bonds. The largest absolute Gasteiger partial charge is 0.288 e. The smallest absolute Gasteiger partial charge is 0.264 e. The second-order valence-corrected chi connectivity index (χ2v) is 6.72. The van der Waals surface area contributed by atoms with Gasteiger partial charge in [-0.15, -0.1) is 0 Å². The van der Waals surface area contributed by atoms with E-state index >= 15 is 0 Å². The summed E-state index contributed by atoms with van der Waals surface area (Å²) in [5, 5.41) is 6.65. The SMILES string of the molecule is O=C(c1ccc(F)c(Cc2ccc(=O)[nH]n2)c1)c1c(Cl)cc(Cl)cc1Cl. The first-order valence-electron chi connectivity index (χ1n) is 7.37. The Morgan fingerprint density at radius 2 is 1.73 bits per heavy atom. The Hall–Kier alpha value is -2.21. The van der Waals surface area contributed by atoms with Crippen LogP contribution in [0.1, 0.15) is 27.2 Å². The third kappa shape index (κ3) is 3.96. The number of hydrogen-bond donors (Lipinski definition) is 1. The van der Waals surface area contributed by atoms with Gasteiger partial charge in [-0.3, -0.25) is 9.59 Å². The fourth-order valence-electron chi connectivity index (χ4n) is 2.42. The van der Waals surface area contributed by atoms with Crippen molar-refractivity contribution in [3.05, 3.63) is 96.1 Å². The molecule has 0 aliphatic heterocycles. The minimum atomic E-state index is -0.497. The fraction of sp³-hybridized carbons (Fsp3) is 0.0556. The quantitative estimate of drug-likeness (QED) is 0.634. The number of benzene rings is 2. The van der Waals surface area contributed by atoms with E-state index in [1.165, 1.54) is 42.5 Å². The van der Waals surface area contributed by atoms with Gasteiger partial charge in [0.05, 0.1) is 21.3 Å². The van der Waals surface area contributed by atoms with Gasteiger partial charge >= 0.3 is 0 Å². The Bertz CT molecular complexity index is 1020. The minimum absolute atomic E-state index is 0.0949. The summed E-state index contributed by atoms with van der Waals surface area (Å²) in [6.45, 7) is 0. The zero-order valence-electron chi connectivity index (χ0n) is 13.0. The predicted molar refractivity (Wildman–Crippen MR) is 99.0 cm³/mol. The molecule has 2 aromatic carbocycles. The fourth-order valence-corrected chi connectivity index (χ4v) is 3.41. The molecule has 0 bridgehead atoms. The van der Waals surface area contributed by atoms with E-state index in [0.717, 1.165) is 0 Å². The number of nitrogens with one attached hydrogen (secondary N) is 1. The lowest BCUT2D eigenvalue weighted by Gasteiger charge is -2.09. The van der Waals surface area contributed by atoms with Crippen molar-refractivity contribution >= 4 is 40.6 Å². The van der Waals surface area contributed by atoms with Crippen LogP contribution in [-0.4, -0.2) is 16.0 Å². The van der Waals surface area contributed by atoms with Crippen LogP contribution in [0.5, 0.6) is 0 Å². The highest BCUT2D eigenvalue weighted by molar-refractivity contribution is 6.43. The lowest BCUT2D eigenvalue weighted by Crippen LogP contribution is -2.09. The monoisotopic (exact) mass is 410 g/mol. The van der Waals surface area contributed by atoms with E-state index in [2.05, 4.69) is 10.2 Å². The number of rotatable bonds is 4. The third-order valence-electron chi connectivity index (χ3n) is 3.65. The number of aromatic nitrogens is 2. The van der Waals surface area contributed by atoms with Crippen molar-refractivity contribution in [3.8, 4) is 0 Å². The Labute approximate surface area is 162 Å². The van der Waals surface area contributed by atoms with Gasteiger partial charge < -0.3 is 0 Å². The summed E-state index contributed by atoms with van der Waals surface area (Å²) in [5.41, 5.74) is 0.659. The first-order chi connectivity index (χ1) is 12.3. The van der Waals surface area contributed by atoms with Crippen LogP contribution in [0.2, 0.25) is 15.1 Å². The maximum Gasteiger partial charge on any atom is 0.264 e. The topological polar surface area (TPSA) is 62.8 Å². The van der Waals surface area contributed by atoms with Crippen LogP contribution in [-0.2, 0) is 6.42 Å². The maximum atomic E-state index is 14.1. The van der Waals surface area contributed by atoms with Crippen molar-refractivity contribution in [3.63, 3.8) is 0 Å². The lowest BCUT2D eigenvalue weighted by molar-refractivity contribution is 0.103. The van der Waals surface area contributed by atoms with E-state index in [4.69, 9.17) is 34.8 Å². The van der Waals surface area contributed by atoms with Crippen LogP contribution in [0, 0.1) is 5.82 Å². The Kier molecular flexibility index (Phi) is 5.41. The molecule has 26 heavy (non-hydrogen) atoms. The van der Waals surface area contributed by atoms with Crippen molar-refractivity contribution in [1.29, 1.82) is 0 Å². The molecule has 0 saturated carbocycles. The van der Waals surface area contributed by atoms with Crippen molar-refractivity contribution in [2.75, 3.05) is 0 Å². The van der Waals surface area contributed by atoms with Crippen LogP contribution < -0.4 is 5.56 Å². The van der Waals surface area contributed by atoms with E-state index in [9.17, 15) is 14.0 Å². The number of nitrogens with zero attached hydrogens (tertiary/aromatic N) is 1. The van der Waals surface area contributed by atoms with Gasteiger partial charge in [-0.25, -0.2) is 9.49 Å². The van der Waals surface area contributed by atoms with Gasteiger partial charge in [0, 0.05) is 23.1 Å². The minimum Gasteiger partial charge on any atom is -0.288 e. The van der Waals surface area contributed by atoms with E-state index in [1.807, 2.05) is 0 Å².